The Morgan fingerprint density at radius 1 is 1.16 bits per heavy atom. The molecule has 6 rings (SSSR count). The molecule has 4 atom stereocenters. The molecule has 1 fully saturated rings. The van der Waals surface area contributed by atoms with Gasteiger partial charge >= 0.3 is 0 Å². The molecule has 0 aliphatic carbocycles. The molecular formula is C28H29N4O5-. The number of carbonyl (C=O) groups is 1. The van der Waals surface area contributed by atoms with E-state index < -0.39 is 0 Å². The third-order valence-electron chi connectivity index (χ3n) is 8.17. The summed E-state index contributed by atoms with van der Waals surface area (Å²) in [6.07, 6.45) is 1.37. The molecule has 1 amide bonds. The number of ether oxygens (including phenoxy) is 1. The molecule has 3 aromatic rings. The van der Waals surface area contributed by atoms with Crippen molar-refractivity contribution in [1.82, 2.24) is 9.88 Å². The van der Waals surface area contributed by atoms with Crippen molar-refractivity contribution in [2.24, 2.45) is 11.8 Å². The van der Waals surface area contributed by atoms with Crippen LogP contribution in [0.1, 0.15) is 29.2 Å². The number of hydrogen-bond acceptors (Lipinski definition) is 7. The quantitative estimate of drug-likeness (QED) is 0.517. The van der Waals surface area contributed by atoms with Crippen molar-refractivity contribution < 1.29 is 14.7 Å². The lowest BCUT2D eigenvalue weighted by atomic mass is 9.70. The van der Waals surface area contributed by atoms with Crippen LogP contribution in [0.5, 0.6) is 5.75 Å². The lowest BCUT2D eigenvalue weighted by Gasteiger charge is -2.54. The molecule has 2 N–H and O–H groups in total. The maximum absolute atomic E-state index is 13.7. The van der Waals surface area contributed by atoms with Crippen molar-refractivity contribution in [2.45, 2.75) is 37.9 Å². The lowest BCUT2D eigenvalue weighted by molar-refractivity contribution is -0.126. The molecular weight excluding hydrogens is 472 g/mol. The van der Waals surface area contributed by atoms with E-state index in [0.717, 1.165) is 34.7 Å². The van der Waals surface area contributed by atoms with E-state index in [1.807, 2.05) is 47.0 Å². The molecule has 0 saturated carbocycles. The number of hydrogen-bond donors (Lipinski definition) is 2. The highest BCUT2D eigenvalue weighted by atomic mass is 16.8. The van der Waals surface area contributed by atoms with Crippen LogP contribution in [0.4, 0.5) is 11.4 Å². The fourth-order valence-electron chi connectivity index (χ4n) is 6.52. The summed E-state index contributed by atoms with van der Waals surface area (Å²) in [7, 11) is 1.62. The molecule has 9 nitrogen and oxygen atoms in total. The number of fused-ring (bicyclic) bond motifs is 8. The molecule has 0 spiro atoms. The van der Waals surface area contributed by atoms with Crippen molar-refractivity contribution in [2.75, 3.05) is 23.8 Å². The predicted octanol–water partition coefficient (Wildman–Crippen LogP) is 3.03. The smallest absolute Gasteiger partial charge is 0.250 e. The Labute approximate surface area is 214 Å². The first-order chi connectivity index (χ1) is 17.9. The number of nitrogens with one attached hydrogen (secondary N) is 1. The fraction of sp³-hybridized carbons (Fsp3) is 0.357. The molecule has 4 unspecified atom stereocenters. The second kappa shape index (κ2) is 9.24. The van der Waals surface area contributed by atoms with Gasteiger partial charge in [-0.15, -0.1) is 0 Å². The molecule has 9 heteroatoms. The topological polar surface area (TPSA) is 110 Å². The second-order valence-corrected chi connectivity index (χ2v) is 10.2. The summed E-state index contributed by atoms with van der Waals surface area (Å²) in [5.41, 5.74) is 3.99. The summed E-state index contributed by atoms with van der Waals surface area (Å²) >= 11 is 0. The van der Waals surface area contributed by atoms with E-state index >= 15 is 0 Å². The summed E-state index contributed by atoms with van der Waals surface area (Å²) in [4.78, 5) is 28.7. The average molecular weight is 502 g/mol. The SMILES string of the molecule is COc1ccc(CNC(=O)C2Cc3cc(N([O-])O)ccc3N3CC4CC(Cn5c4cccc5=O)C23)cc1. The first kappa shape index (κ1) is 23.6. The van der Waals surface area contributed by atoms with Gasteiger partial charge in [0.15, 0.2) is 0 Å². The summed E-state index contributed by atoms with van der Waals surface area (Å²) in [6.45, 7) is 1.65. The van der Waals surface area contributed by atoms with E-state index in [4.69, 9.17) is 4.74 Å². The van der Waals surface area contributed by atoms with E-state index in [1.54, 1.807) is 25.3 Å². The van der Waals surface area contributed by atoms with Crippen molar-refractivity contribution in [3.8, 4) is 5.75 Å². The molecule has 1 saturated heterocycles. The standard InChI is InChI=1S/C28H29N4O5/c1-37-22-8-5-17(6-9-22)14-29-28(34)23-13-18-12-21(32(35)36)7-10-25(18)31-15-19-11-20(27(23)31)16-30-24(19)3-2-4-26(30)33/h2-10,12,19-20,23,27,35H,11,13-16H2,1H3,(H,29,34)/q-1. The highest BCUT2D eigenvalue weighted by Crippen LogP contribution is 2.47. The summed E-state index contributed by atoms with van der Waals surface area (Å²) in [5.74, 6) is 0.628. The van der Waals surface area contributed by atoms with Crippen LogP contribution < -0.4 is 25.7 Å². The minimum atomic E-state index is -0.369. The minimum Gasteiger partial charge on any atom is -0.733 e. The van der Waals surface area contributed by atoms with Crippen molar-refractivity contribution >= 4 is 17.3 Å². The van der Waals surface area contributed by atoms with Gasteiger partial charge in [-0.05, 0) is 66.3 Å². The third kappa shape index (κ3) is 4.14. The van der Waals surface area contributed by atoms with Crippen LogP contribution in [0.2, 0.25) is 0 Å². The number of aromatic nitrogens is 1. The van der Waals surface area contributed by atoms with E-state index in [-0.39, 0.29) is 46.2 Å². The number of carbonyl (C=O) groups excluding carboxylic acids is 1. The van der Waals surface area contributed by atoms with Crippen molar-refractivity contribution in [1.29, 1.82) is 0 Å². The van der Waals surface area contributed by atoms with Crippen LogP contribution in [0.15, 0.2) is 65.5 Å². The highest BCUT2D eigenvalue weighted by molar-refractivity contribution is 5.82. The monoisotopic (exact) mass is 501 g/mol. The molecule has 3 aliphatic rings. The van der Waals surface area contributed by atoms with E-state index in [9.17, 15) is 20.0 Å². The molecule has 2 bridgehead atoms. The van der Waals surface area contributed by atoms with Crippen LogP contribution >= 0.6 is 0 Å². The Hall–Kier alpha value is -3.82. The zero-order valence-corrected chi connectivity index (χ0v) is 20.5. The maximum atomic E-state index is 13.7. The molecule has 192 valence electrons. The number of rotatable bonds is 5. The normalized spacial score (nSPS) is 23.4. The maximum Gasteiger partial charge on any atom is 0.250 e. The van der Waals surface area contributed by atoms with Gasteiger partial charge in [0.2, 0.25) is 5.91 Å². The Morgan fingerprint density at radius 3 is 2.73 bits per heavy atom. The van der Waals surface area contributed by atoms with E-state index in [1.165, 1.54) is 0 Å². The molecule has 0 radical (unpaired) electrons. The first-order valence-electron chi connectivity index (χ1n) is 12.6. The summed E-state index contributed by atoms with van der Waals surface area (Å²) in [6, 6.07) is 18.1. The summed E-state index contributed by atoms with van der Waals surface area (Å²) in [5, 5.41) is 24.1. The molecule has 37 heavy (non-hydrogen) atoms. The molecule has 1 aromatic heterocycles. The van der Waals surface area contributed by atoms with Gasteiger partial charge < -0.3 is 30.0 Å². The van der Waals surface area contributed by atoms with Gasteiger partial charge in [0.25, 0.3) is 5.56 Å². The number of pyridine rings is 1. The second-order valence-electron chi connectivity index (χ2n) is 10.2. The lowest BCUT2D eigenvalue weighted by Crippen LogP contribution is -2.61. The number of piperidine rings is 1. The Morgan fingerprint density at radius 2 is 1.97 bits per heavy atom. The van der Waals surface area contributed by atoms with Gasteiger partial charge in [0.05, 0.1) is 18.7 Å². The number of anilines is 2. The van der Waals surface area contributed by atoms with Gasteiger partial charge in [0.1, 0.15) is 5.75 Å². The van der Waals surface area contributed by atoms with E-state index in [0.29, 0.717) is 26.1 Å². The zero-order valence-electron chi connectivity index (χ0n) is 20.5. The molecule has 2 aromatic carbocycles. The van der Waals surface area contributed by atoms with Crippen LogP contribution in [-0.4, -0.2) is 35.4 Å². The summed E-state index contributed by atoms with van der Waals surface area (Å²) < 4.78 is 7.10. The first-order valence-corrected chi connectivity index (χ1v) is 12.6. The van der Waals surface area contributed by atoms with Crippen LogP contribution in [0, 0.1) is 17.0 Å². The van der Waals surface area contributed by atoms with Gasteiger partial charge in [-0.25, -0.2) is 0 Å². The van der Waals surface area contributed by atoms with Crippen LogP contribution in [0.3, 0.4) is 0 Å². The van der Waals surface area contributed by atoms with Gasteiger partial charge in [-0.1, -0.05) is 18.2 Å². The van der Waals surface area contributed by atoms with Gasteiger partial charge in [0, 0.05) is 49.0 Å². The number of nitrogens with zero attached hydrogens (tertiary/aromatic N) is 3. The molecule has 3 aliphatic heterocycles. The van der Waals surface area contributed by atoms with Crippen LogP contribution in [-0.2, 0) is 24.3 Å². The van der Waals surface area contributed by atoms with Gasteiger partial charge in [-0.3, -0.25) is 14.8 Å². The van der Waals surface area contributed by atoms with Gasteiger partial charge in [-0.2, -0.15) is 0 Å². The Kier molecular flexibility index (Phi) is 5.89. The van der Waals surface area contributed by atoms with Crippen molar-refractivity contribution in [3.05, 3.63) is 93.0 Å². The predicted molar refractivity (Wildman–Crippen MR) is 139 cm³/mol. The Balaban J connectivity index is 1.34. The van der Waals surface area contributed by atoms with Crippen LogP contribution in [0.25, 0.3) is 0 Å². The number of amides is 1. The van der Waals surface area contributed by atoms with E-state index in [2.05, 4.69) is 10.2 Å². The Bertz CT molecular complexity index is 1390. The average Bonchev–Trinajstić information content (AvgIpc) is 2.91. The third-order valence-corrected chi connectivity index (χ3v) is 8.17. The largest absolute Gasteiger partial charge is 0.733 e. The fourth-order valence-corrected chi connectivity index (χ4v) is 6.52. The highest BCUT2D eigenvalue weighted by Gasteiger charge is 2.49. The zero-order chi connectivity index (χ0) is 25.7. The molecule has 4 heterocycles. The number of methoxy groups -OCH3 is 1. The van der Waals surface area contributed by atoms with Crippen molar-refractivity contribution in [3.63, 3.8) is 0 Å². The number of benzene rings is 2. The minimum absolute atomic E-state index is 0.000455.